The Morgan fingerprint density at radius 1 is 1.02 bits per heavy atom. The number of rotatable bonds is 7. The van der Waals surface area contributed by atoms with Gasteiger partial charge in [0, 0.05) is 40.7 Å². The van der Waals surface area contributed by atoms with Crippen LogP contribution in [0.15, 0.2) is 66.7 Å². The van der Waals surface area contributed by atoms with Crippen LogP contribution in [0.4, 0.5) is 23.7 Å². The third kappa shape index (κ3) is 6.70. The van der Waals surface area contributed by atoms with Crippen LogP contribution in [0.25, 0.3) is 0 Å². The summed E-state index contributed by atoms with van der Waals surface area (Å²) >= 11 is 6.51. The molecule has 0 aliphatic carbocycles. The number of phenols is 1. The zero-order chi connectivity index (χ0) is 33.3. The average molecular weight is 659 g/mol. The van der Waals surface area contributed by atoms with E-state index in [4.69, 9.17) is 11.6 Å². The molecule has 5 rings (SSSR count). The third-order valence-electron chi connectivity index (χ3n) is 8.14. The number of para-hydroxylation sites is 1. The summed E-state index contributed by atoms with van der Waals surface area (Å²) in [5.74, 6) is -0.681. The number of alkyl halides is 3. The minimum Gasteiger partial charge on any atom is -0.508 e. The van der Waals surface area contributed by atoms with Crippen LogP contribution < -0.4 is 10.2 Å². The Labute approximate surface area is 269 Å². The fourth-order valence-electron chi connectivity index (χ4n) is 6.10. The summed E-state index contributed by atoms with van der Waals surface area (Å²) in [5.41, 5.74) is 1.17. The van der Waals surface area contributed by atoms with Gasteiger partial charge in [0.2, 0.25) is 11.8 Å². The number of hydrazine groups is 1. The second-order valence-electron chi connectivity index (χ2n) is 11.5. The molecule has 14 heteroatoms. The molecule has 2 atom stereocenters. The number of carbonyl (C=O) groups is 3. The number of hydrogen-bond donors (Lipinski definition) is 2. The number of piperazine rings is 1. The van der Waals surface area contributed by atoms with E-state index in [1.54, 1.807) is 29.2 Å². The summed E-state index contributed by atoms with van der Waals surface area (Å²) < 4.78 is 40.9. The van der Waals surface area contributed by atoms with Gasteiger partial charge < -0.3 is 25.1 Å². The number of halogens is 4. The number of fused-ring (bicyclic) bond motifs is 1. The normalized spacial score (nSPS) is 18.9. The van der Waals surface area contributed by atoms with Crippen molar-refractivity contribution in [1.82, 2.24) is 25.1 Å². The highest BCUT2D eigenvalue weighted by molar-refractivity contribution is 6.33. The molecule has 0 bridgehead atoms. The molecule has 2 saturated heterocycles. The first kappa shape index (κ1) is 32.9. The molecule has 0 spiro atoms. The number of amides is 4. The van der Waals surface area contributed by atoms with Gasteiger partial charge in [-0.05, 0) is 41.0 Å². The van der Waals surface area contributed by atoms with Gasteiger partial charge in [-0.2, -0.15) is 13.2 Å². The van der Waals surface area contributed by atoms with Crippen LogP contribution in [0.3, 0.4) is 0 Å². The lowest BCUT2D eigenvalue weighted by Gasteiger charge is -2.54. The van der Waals surface area contributed by atoms with Crippen LogP contribution >= 0.6 is 11.6 Å². The van der Waals surface area contributed by atoms with Crippen molar-refractivity contribution >= 4 is 35.1 Å². The first-order valence-electron chi connectivity index (χ1n) is 14.5. The average Bonchev–Trinajstić information content (AvgIpc) is 2.98. The number of nitrogens with zero attached hydrogens (tertiary/aromatic N) is 5. The summed E-state index contributed by atoms with van der Waals surface area (Å²) in [6.45, 7) is -0.585. The summed E-state index contributed by atoms with van der Waals surface area (Å²) in [7, 11) is 5.20. The van der Waals surface area contributed by atoms with Gasteiger partial charge in [0.15, 0.2) is 0 Å². The van der Waals surface area contributed by atoms with Gasteiger partial charge in [0.25, 0.3) is 0 Å². The van der Waals surface area contributed by atoms with Gasteiger partial charge in [0.1, 0.15) is 18.0 Å². The van der Waals surface area contributed by atoms with Crippen LogP contribution in [0.1, 0.15) is 22.3 Å². The van der Waals surface area contributed by atoms with E-state index in [0.29, 0.717) is 16.3 Å². The molecule has 1 unspecified atom stereocenters. The second kappa shape index (κ2) is 13.1. The number of likely N-dealkylation sites (N-methyl/N-ethyl adjacent to an activating group) is 1. The number of phenolic OH excluding ortho intramolecular Hbond substituents is 1. The molecular formula is C32H34ClF3N6O4. The van der Waals surface area contributed by atoms with E-state index in [0.717, 1.165) is 11.6 Å². The van der Waals surface area contributed by atoms with Gasteiger partial charge >= 0.3 is 12.2 Å². The highest BCUT2D eigenvalue weighted by Gasteiger charge is 2.50. The molecule has 2 heterocycles. The molecule has 4 amide bonds. The van der Waals surface area contributed by atoms with Gasteiger partial charge in [-0.3, -0.25) is 9.59 Å². The van der Waals surface area contributed by atoms with Crippen molar-refractivity contribution in [3.8, 4) is 5.75 Å². The maximum Gasteiger partial charge on any atom is 0.416 e. The summed E-state index contributed by atoms with van der Waals surface area (Å²) in [6.07, 6.45) is -5.47. The van der Waals surface area contributed by atoms with Crippen molar-refractivity contribution in [2.24, 2.45) is 0 Å². The van der Waals surface area contributed by atoms with Crippen molar-refractivity contribution in [1.29, 1.82) is 0 Å². The SMILES string of the molecule is CN(C)c1c(Cl)cccc1CN1CC2N(C(=O)CN(C)N2C(=O)NCc2ccccc2C(F)(F)F)[C@@H](Cc2ccc(O)cc2)C1=O. The molecule has 2 aliphatic heterocycles. The fourth-order valence-corrected chi connectivity index (χ4v) is 6.46. The van der Waals surface area contributed by atoms with E-state index in [9.17, 15) is 32.7 Å². The van der Waals surface area contributed by atoms with E-state index < -0.39 is 36.5 Å². The minimum atomic E-state index is -4.61. The highest BCUT2D eigenvalue weighted by Crippen LogP contribution is 2.34. The van der Waals surface area contributed by atoms with Gasteiger partial charge in [-0.1, -0.05) is 54.1 Å². The van der Waals surface area contributed by atoms with Crippen molar-refractivity contribution in [2.45, 2.75) is 37.9 Å². The fraction of sp³-hybridized carbons (Fsp3) is 0.344. The number of anilines is 1. The molecule has 3 aromatic carbocycles. The van der Waals surface area contributed by atoms with Crippen molar-refractivity contribution in [3.63, 3.8) is 0 Å². The second-order valence-corrected chi connectivity index (χ2v) is 11.9. The zero-order valence-corrected chi connectivity index (χ0v) is 26.2. The Hall–Kier alpha value is -4.49. The predicted octanol–water partition coefficient (Wildman–Crippen LogP) is 4.31. The van der Waals surface area contributed by atoms with E-state index in [2.05, 4.69) is 5.32 Å². The minimum absolute atomic E-state index is 0.0426. The van der Waals surface area contributed by atoms with Gasteiger partial charge in [-0.15, -0.1) is 0 Å². The van der Waals surface area contributed by atoms with Crippen LogP contribution in [-0.2, 0) is 35.3 Å². The first-order chi connectivity index (χ1) is 21.8. The van der Waals surface area contributed by atoms with Crippen molar-refractivity contribution < 1.29 is 32.7 Å². The maximum absolute atomic E-state index is 14.2. The quantitative estimate of drug-likeness (QED) is 0.393. The van der Waals surface area contributed by atoms with Gasteiger partial charge in [0.05, 0.1) is 29.4 Å². The van der Waals surface area contributed by atoms with Crippen molar-refractivity contribution in [3.05, 3.63) is 94.0 Å². The summed E-state index contributed by atoms with van der Waals surface area (Å²) in [6, 6.07) is 14.9. The lowest BCUT2D eigenvalue weighted by atomic mass is 9.98. The predicted molar refractivity (Wildman–Crippen MR) is 166 cm³/mol. The monoisotopic (exact) mass is 658 g/mol. The molecule has 2 aliphatic rings. The standard InChI is InChI=1S/C32H34ClF3N6O4/c1-38(2)29-22(8-6-10-25(29)33)17-40-18-27-41(26(30(40)45)15-20-11-13-23(43)14-12-20)28(44)19-39(3)42(27)31(46)37-16-21-7-4-5-9-24(21)32(34,35)36/h4-14,26-27,43H,15-19H2,1-3H3,(H,37,46)/t26-,27?/m0/s1. The number of benzene rings is 3. The molecule has 0 aromatic heterocycles. The number of hydrogen-bond acceptors (Lipinski definition) is 6. The molecule has 3 aromatic rings. The topological polar surface area (TPSA) is 99.7 Å². The molecule has 244 valence electrons. The largest absolute Gasteiger partial charge is 0.508 e. The number of carbonyl (C=O) groups excluding carboxylic acids is 3. The van der Waals surface area contributed by atoms with Crippen LogP contribution in [0.2, 0.25) is 5.02 Å². The zero-order valence-electron chi connectivity index (χ0n) is 25.5. The third-order valence-corrected chi connectivity index (χ3v) is 8.45. The maximum atomic E-state index is 14.2. The molecule has 2 fully saturated rings. The van der Waals surface area contributed by atoms with Crippen LogP contribution in [-0.4, -0.2) is 89.2 Å². The van der Waals surface area contributed by atoms with Crippen molar-refractivity contribution in [2.75, 3.05) is 39.1 Å². The van der Waals surface area contributed by atoms with E-state index in [1.165, 1.54) is 52.3 Å². The Balaban J connectivity index is 1.49. The summed E-state index contributed by atoms with van der Waals surface area (Å²) in [4.78, 5) is 46.3. The molecule has 0 radical (unpaired) electrons. The number of aromatic hydroxyl groups is 1. The smallest absolute Gasteiger partial charge is 0.416 e. The van der Waals surface area contributed by atoms with E-state index in [1.807, 2.05) is 25.1 Å². The lowest BCUT2D eigenvalue weighted by molar-refractivity contribution is -0.187. The van der Waals surface area contributed by atoms with Crippen LogP contribution in [0, 0.1) is 0 Å². The Morgan fingerprint density at radius 2 is 1.70 bits per heavy atom. The molecular weight excluding hydrogens is 625 g/mol. The lowest BCUT2D eigenvalue weighted by Crippen LogP contribution is -2.76. The number of urea groups is 1. The van der Waals surface area contributed by atoms with Crippen LogP contribution in [0.5, 0.6) is 5.75 Å². The Morgan fingerprint density at radius 3 is 2.37 bits per heavy atom. The van der Waals surface area contributed by atoms with E-state index in [-0.39, 0.29) is 49.2 Å². The number of nitrogens with one attached hydrogen (secondary N) is 1. The highest BCUT2D eigenvalue weighted by atomic mass is 35.5. The van der Waals surface area contributed by atoms with E-state index >= 15 is 0 Å². The Kier molecular flexibility index (Phi) is 9.36. The molecule has 2 N–H and O–H groups in total. The molecule has 0 saturated carbocycles. The Bertz CT molecular complexity index is 1620. The summed E-state index contributed by atoms with van der Waals surface area (Å²) in [5, 5.41) is 15.6. The first-order valence-corrected chi connectivity index (χ1v) is 14.9. The molecule has 10 nitrogen and oxygen atoms in total. The van der Waals surface area contributed by atoms with Gasteiger partial charge in [-0.25, -0.2) is 14.8 Å². The molecule has 46 heavy (non-hydrogen) atoms.